The van der Waals surface area contributed by atoms with Crippen LogP contribution in [0.3, 0.4) is 0 Å². The van der Waals surface area contributed by atoms with Gasteiger partial charge in [0.15, 0.2) is 5.78 Å². The van der Waals surface area contributed by atoms with Crippen molar-refractivity contribution in [2.45, 2.75) is 65.1 Å². The van der Waals surface area contributed by atoms with Crippen molar-refractivity contribution in [3.8, 4) is 0 Å². The van der Waals surface area contributed by atoms with Crippen LogP contribution in [0.1, 0.15) is 52.9 Å². The van der Waals surface area contributed by atoms with Crippen LogP contribution in [0, 0.1) is 34.0 Å². The van der Waals surface area contributed by atoms with Gasteiger partial charge in [0, 0.05) is 17.8 Å². The summed E-state index contributed by atoms with van der Waals surface area (Å²) in [5.74, 6) is -0.109. The molecule has 0 heterocycles. The van der Waals surface area contributed by atoms with Gasteiger partial charge in [0.1, 0.15) is 5.78 Å². The molecule has 4 nitrogen and oxygen atoms in total. The highest BCUT2D eigenvalue weighted by atomic mass is 16.3. The first-order chi connectivity index (χ1) is 11.1. The van der Waals surface area contributed by atoms with Gasteiger partial charge in [-0.15, -0.1) is 0 Å². The summed E-state index contributed by atoms with van der Waals surface area (Å²) in [5, 5.41) is 22.1. The molecule has 132 valence electrons. The van der Waals surface area contributed by atoms with Gasteiger partial charge >= 0.3 is 0 Å². The lowest BCUT2D eigenvalue weighted by atomic mass is 9.39. The van der Waals surface area contributed by atoms with Crippen molar-refractivity contribution in [2.75, 3.05) is 0 Å². The number of hydrogen-bond acceptors (Lipinski definition) is 4. The molecule has 0 saturated heterocycles. The zero-order valence-electron chi connectivity index (χ0n) is 14.8. The predicted molar refractivity (Wildman–Crippen MR) is 89.0 cm³/mol. The Morgan fingerprint density at radius 1 is 1.08 bits per heavy atom. The third-order valence-electron chi connectivity index (χ3n) is 8.43. The average molecular weight is 332 g/mol. The lowest BCUT2D eigenvalue weighted by Gasteiger charge is -2.64. The summed E-state index contributed by atoms with van der Waals surface area (Å²) in [6.07, 6.45) is 1.53. The van der Waals surface area contributed by atoms with Crippen LogP contribution in [0.15, 0.2) is 12.2 Å². The van der Waals surface area contributed by atoms with Crippen LogP contribution >= 0.6 is 0 Å². The summed E-state index contributed by atoms with van der Waals surface area (Å²) >= 11 is 0. The van der Waals surface area contributed by atoms with Crippen LogP contribution in [-0.2, 0) is 9.59 Å². The standard InChI is InChI=1S/C20H28O4/c1-10-11-5-6-12-19(4)8-7-14(21)18(2,3)13(19)9-15(22)20(12,16(10)23)17(11)24/h11-13,15,17,22,24H,1,5-9H2,2-4H3/t11-,12-,13+,15-,17?,19-,20-/m1/s1. The minimum atomic E-state index is -1.10. The second kappa shape index (κ2) is 4.59. The van der Waals surface area contributed by atoms with E-state index in [4.69, 9.17) is 0 Å². The average Bonchev–Trinajstić information content (AvgIpc) is 2.64. The maximum absolute atomic E-state index is 13.1. The van der Waals surface area contributed by atoms with Crippen molar-refractivity contribution >= 4 is 11.6 Å². The van der Waals surface area contributed by atoms with E-state index >= 15 is 0 Å². The molecule has 2 bridgehead atoms. The van der Waals surface area contributed by atoms with Gasteiger partial charge in [-0.05, 0) is 48.5 Å². The third kappa shape index (κ3) is 1.53. The minimum absolute atomic E-state index is 0.0438. The van der Waals surface area contributed by atoms with E-state index in [0.717, 1.165) is 19.3 Å². The van der Waals surface area contributed by atoms with Crippen LogP contribution in [0.2, 0.25) is 0 Å². The van der Waals surface area contributed by atoms with Crippen molar-refractivity contribution in [1.29, 1.82) is 0 Å². The molecule has 2 N–H and O–H groups in total. The van der Waals surface area contributed by atoms with Gasteiger partial charge in [0.25, 0.3) is 0 Å². The van der Waals surface area contributed by atoms with Crippen LogP contribution < -0.4 is 0 Å². The number of aliphatic hydroxyl groups is 2. The first-order valence-electron chi connectivity index (χ1n) is 9.22. The number of fused-ring (bicyclic) bond motifs is 3. The summed E-state index contributed by atoms with van der Waals surface area (Å²) < 4.78 is 0. The second-order valence-electron chi connectivity index (χ2n) is 9.42. The molecule has 1 spiro atoms. The fourth-order valence-electron chi connectivity index (χ4n) is 7.14. The quantitative estimate of drug-likeness (QED) is 0.667. The van der Waals surface area contributed by atoms with Crippen molar-refractivity contribution in [2.24, 2.45) is 34.0 Å². The van der Waals surface area contributed by atoms with E-state index in [9.17, 15) is 19.8 Å². The number of aliphatic hydroxyl groups excluding tert-OH is 2. The second-order valence-corrected chi connectivity index (χ2v) is 9.42. The molecule has 4 aliphatic rings. The Morgan fingerprint density at radius 2 is 1.75 bits per heavy atom. The van der Waals surface area contributed by atoms with Crippen LogP contribution in [0.5, 0.6) is 0 Å². The van der Waals surface area contributed by atoms with Crippen LogP contribution in [0.4, 0.5) is 0 Å². The molecule has 4 fully saturated rings. The molecule has 0 aromatic heterocycles. The molecule has 0 aromatic rings. The maximum atomic E-state index is 13.1. The van der Waals surface area contributed by atoms with E-state index in [1.807, 2.05) is 13.8 Å². The van der Waals surface area contributed by atoms with Crippen LogP contribution in [0.25, 0.3) is 0 Å². The predicted octanol–water partition coefficient (Wildman–Crippen LogP) is 2.28. The van der Waals surface area contributed by atoms with E-state index in [-0.39, 0.29) is 34.7 Å². The molecule has 4 rings (SSSR count). The van der Waals surface area contributed by atoms with E-state index in [0.29, 0.717) is 18.4 Å². The minimum Gasteiger partial charge on any atom is -0.392 e. The highest BCUT2D eigenvalue weighted by molar-refractivity contribution is 6.04. The van der Waals surface area contributed by atoms with Crippen molar-refractivity contribution < 1.29 is 19.8 Å². The van der Waals surface area contributed by atoms with Gasteiger partial charge in [-0.25, -0.2) is 0 Å². The Balaban J connectivity index is 1.88. The SMILES string of the molecule is C=C1C(=O)[C@@]23C(O)[C@@H]1CC[C@@H]2[C@@]1(C)CCC(=O)C(C)(C)[C@@H]1C[C@H]3O. The van der Waals surface area contributed by atoms with E-state index in [1.165, 1.54) is 0 Å². The normalized spacial score (nSPS) is 52.9. The Labute approximate surface area is 143 Å². The summed E-state index contributed by atoms with van der Waals surface area (Å²) in [4.78, 5) is 25.6. The zero-order valence-corrected chi connectivity index (χ0v) is 14.8. The molecule has 1 unspecified atom stereocenters. The Morgan fingerprint density at radius 3 is 2.42 bits per heavy atom. The summed E-state index contributed by atoms with van der Waals surface area (Å²) in [6, 6.07) is 0. The lowest BCUT2D eigenvalue weighted by Crippen LogP contribution is -2.67. The van der Waals surface area contributed by atoms with E-state index < -0.39 is 23.0 Å². The fourth-order valence-corrected chi connectivity index (χ4v) is 7.14. The highest BCUT2D eigenvalue weighted by Gasteiger charge is 2.74. The number of ketones is 2. The number of Topliss-reactive ketones (excluding diaryl/α,β-unsaturated/α-hetero) is 2. The van der Waals surface area contributed by atoms with Crippen molar-refractivity contribution in [3.05, 3.63) is 12.2 Å². The molecular weight excluding hydrogens is 304 g/mol. The molecular formula is C20H28O4. The fraction of sp³-hybridized carbons (Fsp3) is 0.800. The molecule has 0 aromatic carbocycles. The van der Waals surface area contributed by atoms with Gasteiger partial charge in [-0.3, -0.25) is 9.59 Å². The molecule has 24 heavy (non-hydrogen) atoms. The van der Waals surface area contributed by atoms with Gasteiger partial charge in [0.05, 0.1) is 17.6 Å². The van der Waals surface area contributed by atoms with Gasteiger partial charge in [0.2, 0.25) is 0 Å². The summed E-state index contributed by atoms with van der Waals surface area (Å²) in [5.41, 5.74) is -1.29. The zero-order chi connectivity index (χ0) is 17.7. The maximum Gasteiger partial charge on any atom is 0.170 e. The smallest absolute Gasteiger partial charge is 0.170 e. The first kappa shape index (κ1) is 16.5. The monoisotopic (exact) mass is 332 g/mol. The summed E-state index contributed by atoms with van der Waals surface area (Å²) in [7, 11) is 0. The Bertz CT molecular complexity index is 650. The van der Waals surface area contributed by atoms with Gasteiger partial charge in [-0.2, -0.15) is 0 Å². The van der Waals surface area contributed by atoms with E-state index in [2.05, 4.69) is 13.5 Å². The molecule has 0 radical (unpaired) electrons. The van der Waals surface area contributed by atoms with Gasteiger partial charge in [-0.1, -0.05) is 27.4 Å². The number of rotatable bonds is 0. The molecule has 0 amide bonds. The molecule has 4 aliphatic carbocycles. The first-order valence-corrected chi connectivity index (χ1v) is 9.22. The van der Waals surface area contributed by atoms with Gasteiger partial charge < -0.3 is 10.2 Å². The molecule has 4 saturated carbocycles. The van der Waals surface area contributed by atoms with Crippen molar-refractivity contribution in [1.82, 2.24) is 0 Å². The number of carbonyl (C=O) groups is 2. The lowest BCUT2D eigenvalue weighted by molar-refractivity contribution is -0.222. The molecule has 7 atom stereocenters. The molecule has 0 aliphatic heterocycles. The topological polar surface area (TPSA) is 74.6 Å². The number of hydrogen-bond donors (Lipinski definition) is 2. The Kier molecular flexibility index (Phi) is 3.15. The largest absolute Gasteiger partial charge is 0.392 e. The van der Waals surface area contributed by atoms with Crippen LogP contribution in [-0.4, -0.2) is 34.0 Å². The van der Waals surface area contributed by atoms with E-state index in [1.54, 1.807) is 0 Å². The summed E-state index contributed by atoms with van der Waals surface area (Å²) in [6.45, 7) is 10.1. The third-order valence-corrected chi connectivity index (χ3v) is 8.43. The number of carbonyl (C=O) groups excluding carboxylic acids is 2. The molecule has 4 heteroatoms. The highest BCUT2D eigenvalue weighted by Crippen LogP contribution is 2.70. The van der Waals surface area contributed by atoms with Crippen molar-refractivity contribution in [3.63, 3.8) is 0 Å². The Hall–Kier alpha value is -1.00.